The van der Waals surface area contributed by atoms with Gasteiger partial charge >= 0.3 is 0 Å². The summed E-state index contributed by atoms with van der Waals surface area (Å²) in [6, 6.07) is 7.85. The molecule has 2 atom stereocenters. The van der Waals surface area contributed by atoms with Gasteiger partial charge in [-0.05, 0) is 43.4 Å². The third kappa shape index (κ3) is 5.25. The van der Waals surface area contributed by atoms with E-state index in [2.05, 4.69) is 0 Å². The zero-order chi connectivity index (χ0) is 19.9. The Morgan fingerprint density at radius 2 is 2.14 bits per heavy atom. The molecule has 0 N–H and O–H groups in total. The number of nitrogens with zero attached hydrogens (tertiary/aromatic N) is 2. The molecule has 0 saturated carbocycles. The predicted molar refractivity (Wildman–Crippen MR) is 107 cm³/mol. The van der Waals surface area contributed by atoms with Gasteiger partial charge in [-0.3, -0.25) is 9.59 Å². The molecule has 154 valence electrons. The number of rotatable bonds is 7. The van der Waals surface area contributed by atoms with Crippen LogP contribution in [0.15, 0.2) is 24.3 Å². The minimum Gasteiger partial charge on any atom is -0.497 e. The first-order valence-corrected chi connectivity index (χ1v) is 10.4. The highest BCUT2D eigenvalue weighted by Crippen LogP contribution is 2.23. The smallest absolute Gasteiger partial charge is 0.227 e. The first-order valence-electron chi connectivity index (χ1n) is 10.4. The summed E-state index contributed by atoms with van der Waals surface area (Å²) in [5.74, 6) is 0.929. The second-order valence-corrected chi connectivity index (χ2v) is 7.74. The van der Waals surface area contributed by atoms with Crippen molar-refractivity contribution >= 4 is 11.8 Å². The van der Waals surface area contributed by atoms with Crippen molar-refractivity contribution in [3.05, 3.63) is 29.8 Å². The van der Waals surface area contributed by atoms with E-state index < -0.39 is 0 Å². The van der Waals surface area contributed by atoms with Gasteiger partial charge in [-0.1, -0.05) is 19.1 Å². The number of likely N-dealkylation sites (tertiary alicyclic amines) is 1. The Morgan fingerprint density at radius 1 is 1.29 bits per heavy atom. The SMILES string of the molecule is CCC(=O)N1CCCC(C(=O)N(Cc2cccc(OC)c2)CC2CCCO2)C1. The molecule has 6 heteroatoms. The van der Waals surface area contributed by atoms with Crippen molar-refractivity contribution in [3.8, 4) is 5.75 Å². The summed E-state index contributed by atoms with van der Waals surface area (Å²) in [5, 5.41) is 0. The fraction of sp³-hybridized carbons (Fsp3) is 0.636. The first-order chi connectivity index (χ1) is 13.6. The van der Waals surface area contributed by atoms with Crippen molar-refractivity contribution in [1.82, 2.24) is 9.80 Å². The molecule has 0 bridgehead atoms. The van der Waals surface area contributed by atoms with E-state index in [9.17, 15) is 9.59 Å². The normalized spacial score (nSPS) is 22.1. The molecule has 0 aliphatic carbocycles. The lowest BCUT2D eigenvalue weighted by Gasteiger charge is -2.35. The molecule has 1 aromatic carbocycles. The highest BCUT2D eigenvalue weighted by molar-refractivity contribution is 5.81. The van der Waals surface area contributed by atoms with Crippen molar-refractivity contribution in [2.45, 2.75) is 51.7 Å². The highest BCUT2D eigenvalue weighted by Gasteiger charge is 2.32. The van der Waals surface area contributed by atoms with Crippen LogP contribution in [-0.2, 0) is 20.9 Å². The quantitative estimate of drug-likeness (QED) is 0.721. The van der Waals surface area contributed by atoms with Gasteiger partial charge in [0.05, 0.1) is 19.1 Å². The second-order valence-electron chi connectivity index (χ2n) is 7.74. The predicted octanol–water partition coefficient (Wildman–Crippen LogP) is 2.85. The fourth-order valence-electron chi connectivity index (χ4n) is 4.14. The van der Waals surface area contributed by atoms with Crippen molar-refractivity contribution < 1.29 is 19.1 Å². The van der Waals surface area contributed by atoms with Crippen molar-refractivity contribution in [3.63, 3.8) is 0 Å². The van der Waals surface area contributed by atoms with E-state index >= 15 is 0 Å². The number of amides is 2. The van der Waals surface area contributed by atoms with E-state index in [-0.39, 0.29) is 23.8 Å². The molecular formula is C22H32N2O4. The number of ether oxygens (including phenoxy) is 2. The lowest BCUT2D eigenvalue weighted by atomic mass is 9.95. The largest absolute Gasteiger partial charge is 0.497 e. The van der Waals surface area contributed by atoms with Crippen molar-refractivity contribution in [2.75, 3.05) is 33.4 Å². The van der Waals surface area contributed by atoms with Crippen LogP contribution < -0.4 is 4.74 Å². The average molecular weight is 389 g/mol. The topological polar surface area (TPSA) is 59.1 Å². The van der Waals surface area contributed by atoms with E-state index in [1.165, 1.54) is 0 Å². The molecule has 0 spiro atoms. The summed E-state index contributed by atoms with van der Waals surface area (Å²) in [7, 11) is 1.65. The van der Waals surface area contributed by atoms with E-state index in [0.29, 0.717) is 26.1 Å². The molecule has 1 aromatic rings. The van der Waals surface area contributed by atoms with E-state index in [0.717, 1.165) is 50.1 Å². The number of benzene rings is 1. The lowest BCUT2D eigenvalue weighted by molar-refractivity contribution is -0.142. The van der Waals surface area contributed by atoms with Gasteiger partial charge in [0.2, 0.25) is 11.8 Å². The molecule has 2 saturated heterocycles. The maximum atomic E-state index is 13.4. The molecule has 2 unspecified atom stereocenters. The van der Waals surface area contributed by atoms with Crippen LogP contribution in [0.3, 0.4) is 0 Å². The maximum Gasteiger partial charge on any atom is 0.227 e. The van der Waals surface area contributed by atoms with Gasteiger partial charge < -0.3 is 19.3 Å². The van der Waals surface area contributed by atoms with Gasteiger partial charge in [-0.2, -0.15) is 0 Å². The van der Waals surface area contributed by atoms with Crippen LogP contribution in [0, 0.1) is 5.92 Å². The van der Waals surface area contributed by atoms with Gasteiger partial charge in [-0.25, -0.2) is 0 Å². The third-order valence-corrected chi connectivity index (χ3v) is 5.69. The number of hydrogen-bond donors (Lipinski definition) is 0. The molecule has 3 rings (SSSR count). The second kappa shape index (κ2) is 9.92. The number of hydrogen-bond acceptors (Lipinski definition) is 4. The van der Waals surface area contributed by atoms with Crippen LogP contribution in [-0.4, -0.2) is 61.1 Å². The van der Waals surface area contributed by atoms with Gasteiger partial charge in [0, 0.05) is 39.2 Å². The fourth-order valence-corrected chi connectivity index (χ4v) is 4.14. The Bertz CT molecular complexity index is 672. The zero-order valence-corrected chi connectivity index (χ0v) is 17.1. The molecule has 0 radical (unpaired) electrons. The molecular weight excluding hydrogens is 356 g/mol. The van der Waals surface area contributed by atoms with Crippen molar-refractivity contribution in [2.24, 2.45) is 5.92 Å². The number of methoxy groups -OCH3 is 1. The van der Waals surface area contributed by atoms with Gasteiger partial charge in [0.15, 0.2) is 0 Å². The molecule has 2 aliphatic heterocycles. The minimum atomic E-state index is -0.128. The van der Waals surface area contributed by atoms with Crippen LogP contribution in [0.2, 0.25) is 0 Å². The van der Waals surface area contributed by atoms with E-state index in [1.807, 2.05) is 41.0 Å². The molecule has 2 amide bonds. The van der Waals surface area contributed by atoms with Crippen LogP contribution in [0.1, 0.15) is 44.6 Å². The van der Waals surface area contributed by atoms with Crippen LogP contribution >= 0.6 is 0 Å². The molecule has 28 heavy (non-hydrogen) atoms. The van der Waals surface area contributed by atoms with Crippen LogP contribution in [0.25, 0.3) is 0 Å². The summed E-state index contributed by atoms with van der Waals surface area (Å²) >= 11 is 0. The van der Waals surface area contributed by atoms with Gasteiger partial charge in [0.25, 0.3) is 0 Å². The van der Waals surface area contributed by atoms with Crippen molar-refractivity contribution in [1.29, 1.82) is 0 Å². The number of carbonyl (C=O) groups excluding carboxylic acids is 2. The Labute approximate surface area is 167 Å². The van der Waals surface area contributed by atoms with Gasteiger partial charge in [-0.15, -0.1) is 0 Å². The Kier molecular flexibility index (Phi) is 7.31. The summed E-state index contributed by atoms with van der Waals surface area (Å²) in [5.41, 5.74) is 1.04. The standard InChI is InChI=1S/C22H32N2O4/c1-3-21(25)23-11-5-8-18(15-23)22(26)24(16-20-10-6-12-28-20)14-17-7-4-9-19(13-17)27-2/h4,7,9,13,18,20H,3,5-6,8,10-12,14-16H2,1-2H3. The Hall–Kier alpha value is -2.08. The minimum absolute atomic E-state index is 0.103. The maximum absolute atomic E-state index is 13.4. The molecule has 2 aliphatic rings. The highest BCUT2D eigenvalue weighted by atomic mass is 16.5. The summed E-state index contributed by atoms with van der Waals surface area (Å²) in [6.07, 6.45) is 4.36. The number of piperidine rings is 1. The van der Waals surface area contributed by atoms with E-state index in [4.69, 9.17) is 9.47 Å². The molecule has 2 heterocycles. The van der Waals surface area contributed by atoms with Crippen LogP contribution in [0.4, 0.5) is 0 Å². The van der Waals surface area contributed by atoms with Crippen LogP contribution in [0.5, 0.6) is 5.75 Å². The summed E-state index contributed by atoms with van der Waals surface area (Å²) < 4.78 is 11.1. The Balaban J connectivity index is 1.72. The Morgan fingerprint density at radius 3 is 2.86 bits per heavy atom. The zero-order valence-electron chi connectivity index (χ0n) is 17.1. The first kappa shape index (κ1) is 20.6. The van der Waals surface area contributed by atoms with Gasteiger partial charge in [0.1, 0.15) is 5.75 Å². The third-order valence-electron chi connectivity index (χ3n) is 5.69. The van der Waals surface area contributed by atoms with E-state index in [1.54, 1.807) is 7.11 Å². The lowest BCUT2D eigenvalue weighted by Crippen LogP contribution is -2.48. The number of carbonyl (C=O) groups is 2. The summed E-state index contributed by atoms with van der Waals surface area (Å²) in [4.78, 5) is 29.3. The molecule has 6 nitrogen and oxygen atoms in total. The summed E-state index contributed by atoms with van der Waals surface area (Å²) in [6.45, 7) is 5.08. The molecule has 2 fully saturated rings. The monoisotopic (exact) mass is 388 g/mol. The molecule has 0 aromatic heterocycles. The average Bonchev–Trinajstić information content (AvgIpc) is 3.25.